The fraction of sp³-hybridized carbons (Fsp3) is 1.00. The van der Waals surface area contributed by atoms with Gasteiger partial charge in [-0.25, -0.2) is 0 Å². The first-order chi connectivity index (χ1) is 5.68. The zero-order valence-corrected chi connectivity index (χ0v) is 10.4. The molecule has 0 unspecified atom stereocenters. The number of ether oxygens (including phenoxy) is 2. The van der Waals surface area contributed by atoms with Gasteiger partial charge < -0.3 is 9.47 Å². The van der Waals surface area contributed by atoms with E-state index >= 15 is 0 Å². The van der Waals surface area contributed by atoms with Crippen molar-refractivity contribution >= 4 is 21.1 Å². The van der Waals surface area contributed by atoms with Crippen LogP contribution in [0.4, 0.5) is 0 Å². The smallest absolute Gasteiger partial charge is 0.218 e. The molecule has 12 heavy (non-hydrogen) atoms. The molecule has 0 radical (unpaired) electrons. The maximum absolute atomic E-state index is 6.10. The normalized spacial score (nSPS) is 13.0. The maximum Gasteiger partial charge on any atom is 0.218 e. The Hall–Kier alpha value is 0.427. The zero-order valence-electron chi connectivity index (χ0n) is 8.23. The van der Waals surface area contributed by atoms with Gasteiger partial charge in [-0.1, -0.05) is 32.0 Å². The summed E-state index contributed by atoms with van der Waals surface area (Å²) in [7, 11) is -0.488. The van der Waals surface area contributed by atoms with Gasteiger partial charge in [0.25, 0.3) is 0 Å². The summed E-state index contributed by atoms with van der Waals surface area (Å²) < 4.78 is 10.9. The number of hydrogen-bond acceptors (Lipinski definition) is 2. The maximum atomic E-state index is 6.10. The Morgan fingerprint density at radius 1 is 1.17 bits per heavy atom. The Balaban J connectivity index is 3.70. The fourth-order valence-corrected chi connectivity index (χ4v) is 1.61. The van der Waals surface area contributed by atoms with Crippen molar-refractivity contribution in [3.05, 3.63) is 0 Å². The summed E-state index contributed by atoms with van der Waals surface area (Å²) in [6.07, 6.45) is 1.97. The second-order valence-electron chi connectivity index (χ2n) is 2.71. The van der Waals surface area contributed by atoms with E-state index in [4.69, 9.17) is 21.1 Å². The van der Waals surface area contributed by atoms with E-state index in [0.717, 1.165) is 12.8 Å². The Kier molecular flexibility index (Phi) is 7.14. The first-order valence-corrected chi connectivity index (χ1v) is 7.15. The minimum absolute atomic E-state index is 0.488. The van der Waals surface area contributed by atoms with Gasteiger partial charge in [0, 0.05) is 0 Å². The highest BCUT2D eigenvalue weighted by Gasteiger charge is 2.25. The van der Waals surface area contributed by atoms with Crippen molar-refractivity contribution in [1.29, 1.82) is 0 Å². The number of rotatable bonds is 7. The third-order valence-corrected chi connectivity index (χ3v) is 3.74. The first-order valence-electron chi connectivity index (χ1n) is 4.65. The molecule has 0 atom stereocenters. The lowest BCUT2D eigenvalue weighted by atomic mass is 10.5. The van der Waals surface area contributed by atoms with Crippen molar-refractivity contribution in [2.24, 2.45) is 0 Å². The van der Waals surface area contributed by atoms with E-state index in [0.29, 0.717) is 13.2 Å². The lowest BCUT2D eigenvalue weighted by Crippen LogP contribution is -2.35. The number of hydrogen-bond donors (Lipinski definition) is 0. The molecule has 0 bridgehead atoms. The second kappa shape index (κ2) is 6.89. The third kappa shape index (κ3) is 5.14. The Labute approximate surface area is 82.4 Å². The fourth-order valence-electron chi connectivity index (χ4n) is 0.755. The van der Waals surface area contributed by atoms with E-state index in [-0.39, 0.29) is 0 Å². The molecule has 0 fully saturated rings. The standard InChI is InChI=1S/C8H19ClO2Si/c1-4-6-10-8(9,12-3)11-7-5-2/h4-7,12H2,1-3H3. The van der Waals surface area contributed by atoms with Crippen LogP contribution in [0.5, 0.6) is 0 Å². The van der Waals surface area contributed by atoms with Gasteiger partial charge in [0.15, 0.2) is 0 Å². The third-order valence-electron chi connectivity index (χ3n) is 1.47. The highest BCUT2D eigenvalue weighted by molar-refractivity contribution is 6.53. The topological polar surface area (TPSA) is 18.5 Å². The van der Waals surface area contributed by atoms with E-state index in [1.807, 2.05) is 0 Å². The summed E-state index contributed by atoms with van der Waals surface area (Å²) in [5.41, 5.74) is 0. The Morgan fingerprint density at radius 3 is 1.83 bits per heavy atom. The van der Waals surface area contributed by atoms with Crippen molar-refractivity contribution < 1.29 is 9.47 Å². The van der Waals surface area contributed by atoms with Gasteiger partial charge in [-0.2, -0.15) is 0 Å². The summed E-state index contributed by atoms with van der Waals surface area (Å²) in [5, 5.41) is 0. The van der Waals surface area contributed by atoms with Crippen LogP contribution >= 0.6 is 11.6 Å². The summed E-state index contributed by atoms with van der Waals surface area (Å²) in [4.78, 5) is -0.744. The molecule has 0 heterocycles. The average molecular weight is 211 g/mol. The lowest BCUT2D eigenvalue weighted by molar-refractivity contribution is -0.123. The predicted molar refractivity (Wildman–Crippen MR) is 55.5 cm³/mol. The van der Waals surface area contributed by atoms with Crippen LogP contribution in [0, 0.1) is 0 Å². The summed E-state index contributed by atoms with van der Waals surface area (Å²) in [5.74, 6) is 0. The van der Waals surface area contributed by atoms with Gasteiger partial charge in [0.2, 0.25) is 4.87 Å². The van der Waals surface area contributed by atoms with Crippen molar-refractivity contribution in [3.8, 4) is 0 Å². The van der Waals surface area contributed by atoms with E-state index in [1.165, 1.54) is 0 Å². The van der Waals surface area contributed by atoms with Crippen molar-refractivity contribution in [2.75, 3.05) is 13.2 Å². The van der Waals surface area contributed by atoms with Gasteiger partial charge >= 0.3 is 0 Å². The highest BCUT2D eigenvalue weighted by atomic mass is 35.5. The van der Waals surface area contributed by atoms with E-state index in [9.17, 15) is 0 Å². The van der Waals surface area contributed by atoms with Gasteiger partial charge in [-0.15, -0.1) is 0 Å². The van der Waals surface area contributed by atoms with Crippen LogP contribution in [0.1, 0.15) is 26.7 Å². The summed E-state index contributed by atoms with van der Waals surface area (Å²) in [6, 6.07) is 0. The minimum atomic E-state index is -0.744. The molecule has 0 aromatic carbocycles. The molecule has 0 saturated heterocycles. The van der Waals surface area contributed by atoms with Gasteiger partial charge in [-0.05, 0) is 12.8 Å². The molecule has 74 valence electrons. The first kappa shape index (κ1) is 12.4. The van der Waals surface area contributed by atoms with Crippen molar-refractivity contribution in [1.82, 2.24) is 0 Å². The molecule has 0 aromatic rings. The minimum Gasteiger partial charge on any atom is -0.341 e. The summed E-state index contributed by atoms with van der Waals surface area (Å²) in [6.45, 7) is 7.60. The van der Waals surface area contributed by atoms with Gasteiger partial charge in [0.05, 0.1) is 13.2 Å². The molecular weight excluding hydrogens is 192 g/mol. The molecule has 0 saturated carbocycles. The number of halogens is 1. The molecule has 0 aliphatic carbocycles. The second-order valence-corrected chi connectivity index (χ2v) is 5.37. The van der Waals surface area contributed by atoms with Crippen LogP contribution in [0.25, 0.3) is 0 Å². The molecule has 0 amide bonds. The highest BCUT2D eigenvalue weighted by Crippen LogP contribution is 2.17. The van der Waals surface area contributed by atoms with Crippen LogP contribution in [0.2, 0.25) is 6.55 Å². The average Bonchev–Trinajstić information content (AvgIpc) is 2.11. The number of alkyl halides is 1. The van der Waals surface area contributed by atoms with Crippen LogP contribution in [0.15, 0.2) is 0 Å². The van der Waals surface area contributed by atoms with Crippen molar-refractivity contribution in [3.63, 3.8) is 0 Å². The van der Waals surface area contributed by atoms with Crippen LogP contribution in [-0.2, 0) is 9.47 Å². The Morgan fingerprint density at radius 2 is 1.58 bits per heavy atom. The monoisotopic (exact) mass is 210 g/mol. The van der Waals surface area contributed by atoms with Crippen molar-refractivity contribution in [2.45, 2.75) is 38.1 Å². The summed E-state index contributed by atoms with van der Waals surface area (Å²) >= 11 is 6.10. The Bertz CT molecular complexity index is 103. The van der Waals surface area contributed by atoms with E-state index in [2.05, 4.69) is 20.4 Å². The molecule has 0 N–H and O–H groups in total. The molecule has 0 aromatic heterocycles. The lowest BCUT2D eigenvalue weighted by Gasteiger charge is -2.25. The zero-order chi connectivity index (χ0) is 9.45. The van der Waals surface area contributed by atoms with Crippen LogP contribution < -0.4 is 0 Å². The predicted octanol–water partition coefficient (Wildman–Crippen LogP) is 1.91. The molecule has 0 aliphatic heterocycles. The molecule has 2 nitrogen and oxygen atoms in total. The SMILES string of the molecule is CCCOC(Cl)(OCCC)[SiH2]C. The largest absolute Gasteiger partial charge is 0.341 e. The molecule has 0 aliphatic rings. The van der Waals surface area contributed by atoms with Crippen LogP contribution in [0.3, 0.4) is 0 Å². The van der Waals surface area contributed by atoms with Crippen LogP contribution in [-0.4, -0.2) is 27.6 Å². The van der Waals surface area contributed by atoms with Gasteiger partial charge in [-0.3, -0.25) is 0 Å². The van der Waals surface area contributed by atoms with E-state index in [1.54, 1.807) is 0 Å². The van der Waals surface area contributed by atoms with E-state index < -0.39 is 14.4 Å². The molecule has 0 spiro atoms. The molecule has 4 heteroatoms. The van der Waals surface area contributed by atoms with Gasteiger partial charge in [0.1, 0.15) is 9.52 Å². The molecular formula is C8H19ClO2Si. The molecule has 0 rings (SSSR count). The quantitative estimate of drug-likeness (QED) is 0.363.